The zero-order chi connectivity index (χ0) is 20.3. The molecule has 2 aromatic rings. The van der Waals surface area contributed by atoms with E-state index in [1.54, 1.807) is 6.92 Å². The summed E-state index contributed by atoms with van der Waals surface area (Å²) < 4.78 is 16.6. The van der Waals surface area contributed by atoms with Crippen molar-refractivity contribution in [2.75, 3.05) is 6.61 Å². The van der Waals surface area contributed by atoms with Gasteiger partial charge in [0.15, 0.2) is 12.4 Å². The number of hydrogen-bond acceptors (Lipinski definition) is 8. The fraction of sp³-hybridized carbons (Fsp3) is 0.278. The largest absolute Gasteiger partial charge is 0.464 e. The number of nitro groups is 2. The third-order valence-corrected chi connectivity index (χ3v) is 4.14. The molecule has 146 valence electrons. The summed E-state index contributed by atoms with van der Waals surface area (Å²) >= 11 is 0. The molecule has 2 aromatic carbocycles. The third-order valence-electron chi connectivity index (χ3n) is 4.14. The highest BCUT2D eigenvalue weighted by atomic mass is 16.7. The lowest BCUT2D eigenvalue weighted by Gasteiger charge is -2.15. The Balaban J connectivity index is 1.87. The van der Waals surface area contributed by atoms with E-state index in [4.69, 9.17) is 14.2 Å². The highest BCUT2D eigenvalue weighted by Crippen LogP contribution is 2.41. The van der Waals surface area contributed by atoms with Crippen molar-refractivity contribution in [3.05, 3.63) is 79.9 Å². The van der Waals surface area contributed by atoms with Gasteiger partial charge in [0.2, 0.25) is 0 Å². The van der Waals surface area contributed by atoms with Crippen LogP contribution in [0.4, 0.5) is 11.4 Å². The number of non-ortho nitro benzene ring substituents is 2. The van der Waals surface area contributed by atoms with Gasteiger partial charge in [0.1, 0.15) is 6.10 Å². The Morgan fingerprint density at radius 1 is 0.929 bits per heavy atom. The van der Waals surface area contributed by atoms with Crippen molar-refractivity contribution >= 4 is 17.3 Å². The lowest BCUT2D eigenvalue weighted by atomic mass is 10.0. The SMILES string of the molecule is CCOC(=O)[C@@H]1O[C@@H](c2ccc([N+](=O)[O-])cc2)O[C@H]1c1ccc([N+](=O)[O-])cc1. The third kappa shape index (κ3) is 3.97. The summed E-state index contributed by atoms with van der Waals surface area (Å²) in [5, 5.41) is 21.6. The molecular formula is C18H16N2O8. The van der Waals surface area contributed by atoms with Crippen LogP contribution in [0.25, 0.3) is 0 Å². The quantitative estimate of drug-likeness (QED) is 0.419. The van der Waals surface area contributed by atoms with E-state index in [-0.39, 0.29) is 18.0 Å². The Morgan fingerprint density at radius 3 is 1.89 bits per heavy atom. The smallest absolute Gasteiger partial charge is 0.338 e. The molecule has 1 aliphatic heterocycles. The van der Waals surface area contributed by atoms with Gasteiger partial charge in [-0.1, -0.05) is 0 Å². The van der Waals surface area contributed by atoms with E-state index in [0.29, 0.717) is 11.1 Å². The van der Waals surface area contributed by atoms with Crippen LogP contribution in [0.1, 0.15) is 30.4 Å². The molecule has 28 heavy (non-hydrogen) atoms. The Bertz CT molecular complexity index is 881. The molecule has 3 atom stereocenters. The van der Waals surface area contributed by atoms with E-state index in [1.165, 1.54) is 48.5 Å². The van der Waals surface area contributed by atoms with Crippen LogP contribution >= 0.6 is 0 Å². The van der Waals surface area contributed by atoms with Gasteiger partial charge in [-0.05, 0) is 36.8 Å². The Morgan fingerprint density at radius 2 is 1.43 bits per heavy atom. The molecular weight excluding hydrogens is 372 g/mol. The first-order valence-corrected chi connectivity index (χ1v) is 8.37. The average molecular weight is 388 g/mol. The molecule has 1 fully saturated rings. The van der Waals surface area contributed by atoms with E-state index < -0.39 is 34.3 Å². The molecule has 0 spiro atoms. The summed E-state index contributed by atoms with van der Waals surface area (Å²) in [6, 6.07) is 11.1. The van der Waals surface area contributed by atoms with Crippen molar-refractivity contribution < 1.29 is 28.9 Å². The normalized spacial score (nSPS) is 21.2. The van der Waals surface area contributed by atoms with Crippen LogP contribution in [-0.2, 0) is 19.0 Å². The zero-order valence-corrected chi connectivity index (χ0v) is 14.7. The number of rotatable bonds is 6. The maximum absolute atomic E-state index is 12.3. The molecule has 0 radical (unpaired) electrons. The maximum Gasteiger partial charge on any atom is 0.338 e. The molecule has 0 unspecified atom stereocenters. The van der Waals surface area contributed by atoms with Crippen molar-refractivity contribution in [2.45, 2.75) is 25.4 Å². The van der Waals surface area contributed by atoms with Gasteiger partial charge in [-0.25, -0.2) is 4.79 Å². The van der Waals surface area contributed by atoms with Gasteiger partial charge >= 0.3 is 5.97 Å². The molecule has 0 aromatic heterocycles. The van der Waals surface area contributed by atoms with Gasteiger partial charge in [0.25, 0.3) is 11.4 Å². The zero-order valence-electron chi connectivity index (χ0n) is 14.7. The van der Waals surface area contributed by atoms with Crippen molar-refractivity contribution in [2.24, 2.45) is 0 Å². The summed E-state index contributed by atoms with van der Waals surface area (Å²) in [6.07, 6.45) is -2.88. The van der Waals surface area contributed by atoms with Gasteiger partial charge in [-0.2, -0.15) is 0 Å². The van der Waals surface area contributed by atoms with Crippen LogP contribution in [-0.4, -0.2) is 28.5 Å². The lowest BCUT2D eigenvalue weighted by Crippen LogP contribution is -2.28. The number of carbonyl (C=O) groups excluding carboxylic acids is 1. The van der Waals surface area contributed by atoms with Crippen LogP contribution < -0.4 is 0 Å². The maximum atomic E-state index is 12.3. The summed E-state index contributed by atoms with van der Waals surface area (Å²) in [5.74, 6) is -0.629. The van der Waals surface area contributed by atoms with Gasteiger partial charge in [-0.15, -0.1) is 0 Å². The number of ether oxygens (including phenoxy) is 3. The van der Waals surface area contributed by atoms with Crippen molar-refractivity contribution in [1.82, 2.24) is 0 Å². The molecule has 0 aliphatic carbocycles. The highest BCUT2D eigenvalue weighted by Gasteiger charge is 2.43. The van der Waals surface area contributed by atoms with Crippen molar-refractivity contribution in [1.29, 1.82) is 0 Å². The van der Waals surface area contributed by atoms with E-state index >= 15 is 0 Å². The van der Waals surface area contributed by atoms with Crippen molar-refractivity contribution in [3.8, 4) is 0 Å². The van der Waals surface area contributed by atoms with E-state index in [9.17, 15) is 25.0 Å². The minimum absolute atomic E-state index is 0.0874. The van der Waals surface area contributed by atoms with E-state index in [0.717, 1.165) is 0 Å². The predicted molar refractivity (Wildman–Crippen MR) is 94.3 cm³/mol. The molecule has 1 aliphatic rings. The van der Waals surface area contributed by atoms with Gasteiger partial charge in [0, 0.05) is 29.8 Å². The standard InChI is InChI=1S/C18H16N2O8/c1-2-26-17(21)16-15(11-3-7-13(8-4-11)19(22)23)27-18(28-16)12-5-9-14(10-6-12)20(24)25/h3-10,15-16,18H,2H2,1H3/t15-,16+,18-/m0/s1. The van der Waals surface area contributed by atoms with Crippen LogP contribution in [0.15, 0.2) is 48.5 Å². The minimum Gasteiger partial charge on any atom is -0.464 e. The summed E-state index contributed by atoms with van der Waals surface area (Å²) in [4.78, 5) is 32.9. The van der Waals surface area contributed by atoms with Crippen LogP contribution in [0.2, 0.25) is 0 Å². The molecule has 1 heterocycles. The summed E-state index contributed by atoms with van der Waals surface area (Å²) in [5.41, 5.74) is 0.815. The number of hydrogen-bond donors (Lipinski definition) is 0. The first kappa shape index (κ1) is 19.4. The van der Waals surface area contributed by atoms with Crippen molar-refractivity contribution in [3.63, 3.8) is 0 Å². The highest BCUT2D eigenvalue weighted by molar-refractivity contribution is 5.76. The van der Waals surface area contributed by atoms with Crippen LogP contribution in [0.5, 0.6) is 0 Å². The van der Waals surface area contributed by atoms with E-state index in [2.05, 4.69) is 0 Å². The molecule has 0 N–H and O–H groups in total. The second-order valence-corrected chi connectivity index (χ2v) is 5.89. The number of nitro benzene ring substituents is 2. The number of esters is 1. The van der Waals surface area contributed by atoms with Gasteiger partial charge in [-0.3, -0.25) is 20.2 Å². The number of benzene rings is 2. The molecule has 3 rings (SSSR count). The predicted octanol–water partition coefficient (Wildman–Crippen LogP) is 3.22. The summed E-state index contributed by atoms with van der Waals surface area (Å²) in [6.45, 7) is 1.80. The Kier molecular flexibility index (Phi) is 5.62. The molecule has 10 nitrogen and oxygen atoms in total. The molecule has 0 saturated carbocycles. The first-order chi connectivity index (χ1) is 13.4. The van der Waals surface area contributed by atoms with Crippen LogP contribution in [0.3, 0.4) is 0 Å². The second kappa shape index (κ2) is 8.11. The summed E-state index contributed by atoms with van der Waals surface area (Å²) in [7, 11) is 0. The average Bonchev–Trinajstić information content (AvgIpc) is 3.14. The Hall–Kier alpha value is -3.37. The monoisotopic (exact) mass is 388 g/mol. The molecule has 10 heteroatoms. The fourth-order valence-electron chi connectivity index (χ4n) is 2.79. The minimum atomic E-state index is -1.08. The molecule has 1 saturated heterocycles. The lowest BCUT2D eigenvalue weighted by molar-refractivity contribution is -0.385. The Labute approximate surface area is 158 Å². The molecule has 0 amide bonds. The van der Waals surface area contributed by atoms with E-state index in [1.807, 2.05) is 0 Å². The number of nitrogens with zero attached hydrogens (tertiary/aromatic N) is 2. The second-order valence-electron chi connectivity index (χ2n) is 5.89. The first-order valence-electron chi connectivity index (χ1n) is 8.37. The van der Waals surface area contributed by atoms with Gasteiger partial charge in [0.05, 0.1) is 16.5 Å². The van der Waals surface area contributed by atoms with Crippen LogP contribution in [0, 0.1) is 20.2 Å². The topological polar surface area (TPSA) is 131 Å². The molecule has 0 bridgehead atoms. The fourth-order valence-corrected chi connectivity index (χ4v) is 2.79. The number of carbonyl (C=O) groups is 1. The van der Waals surface area contributed by atoms with Gasteiger partial charge < -0.3 is 14.2 Å².